The van der Waals surface area contributed by atoms with Crippen molar-refractivity contribution in [2.24, 2.45) is 0 Å². The van der Waals surface area contributed by atoms with E-state index in [1.807, 2.05) is 49.4 Å². The van der Waals surface area contributed by atoms with Gasteiger partial charge in [0.25, 0.3) is 5.91 Å². The van der Waals surface area contributed by atoms with Crippen LogP contribution in [0.1, 0.15) is 19.4 Å². The van der Waals surface area contributed by atoms with E-state index in [9.17, 15) is 9.59 Å². The lowest BCUT2D eigenvalue weighted by Crippen LogP contribution is -2.49. The molecule has 0 saturated carbocycles. The number of carbonyl (C=O) groups excluding carboxylic acids is 2. The number of likely N-dealkylation sites (N-methyl/N-ethyl adjacent to an activating group) is 1. The first-order chi connectivity index (χ1) is 14.9. The maximum atomic E-state index is 13.2. The van der Waals surface area contributed by atoms with E-state index in [0.717, 1.165) is 10.8 Å². The van der Waals surface area contributed by atoms with Gasteiger partial charge in [0.05, 0.1) is 0 Å². The van der Waals surface area contributed by atoms with Crippen molar-refractivity contribution < 1.29 is 14.3 Å². The highest BCUT2D eigenvalue weighted by Crippen LogP contribution is 2.28. The van der Waals surface area contributed by atoms with E-state index in [0.29, 0.717) is 27.9 Å². The minimum atomic E-state index is -0.726. The van der Waals surface area contributed by atoms with Crippen LogP contribution in [0.5, 0.6) is 5.75 Å². The minimum absolute atomic E-state index is 0.0918. The van der Waals surface area contributed by atoms with Crippen molar-refractivity contribution in [3.8, 4) is 5.75 Å². The average Bonchev–Trinajstić information content (AvgIpc) is 2.77. The summed E-state index contributed by atoms with van der Waals surface area (Å²) in [6, 6.07) is 17.9. The Labute approximate surface area is 191 Å². The van der Waals surface area contributed by atoms with E-state index >= 15 is 0 Å². The predicted octanol–water partition coefficient (Wildman–Crippen LogP) is 5.08. The fraction of sp³-hybridized carbons (Fsp3) is 0.250. The van der Waals surface area contributed by atoms with Crippen molar-refractivity contribution in [1.82, 2.24) is 10.2 Å². The van der Waals surface area contributed by atoms with Crippen molar-refractivity contribution in [2.75, 3.05) is 13.2 Å². The van der Waals surface area contributed by atoms with E-state index < -0.39 is 6.04 Å². The van der Waals surface area contributed by atoms with Crippen LogP contribution >= 0.6 is 23.2 Å². The molecule has 7 heteroatoms. The maximum Gasteiger partial charge on any atom is 0.261 e. The Balaban J connectivity index is 1.83. The molecule has 3 aromatic carbocycles. The standard InChI is InChI=1S/C24H24Cl2N2O3/c1-3-27-24(30)16(2)28(14-19-20(25)11-7-12-21(19)26)23(29)15-31-22-13-6-9-17-8-4-5-10-18(17)22/h4-13,16H,3,14-15H2,1-2H3,(H,27,30)/t16-/m1/s1. The molecule has 2 amide bonds. The lowest BCUT2D eigenvalue weighted by Gasteiger charge is -2.29. The molecular formula is C24H24Cl2N2O3. The molecule has 3 rings (SSSR count). The Morgan fingerprint density at radius 3 is 2.35 bits per heavy atom. The largest absolute Gasteiger partial charge is 0.483 e. The van der Waals surface area contributed by atoms with Gasteiger partial charge in [-0.2, -0.15) is 0 Å². The molecule has 0 fully saturated rings. The number of fused-ring (bicyclic) bond motifs is 1. The summed E-state index contributed by atoms with van der Waals surface area (Å²) in [5, 5.41) is 5.55. The van der Waals surface area contributed by atoms with E-state index in [4.69, 9.17) is 27.9 Å². The molecule has 0 heterocycles. The quantitative estimate of drug-likeness (QED) is 0.511. The van der Waals surface area contributed by atoms with Gasteiger partial charge in [-0.05, 0) is 37.4 Å². The van der Waals surface area contributed by atoms with Crippen LogP contribution in [0.15, 0.2) is 60.7 Å². The Morgan fingerprint density at radius 2 is 1.65 bits per heavy atom. The Kier molecular flexibility index (Phi) is 7.77. The molecule has 0 aromatic heterocycles. The number of halogens is 2. The van der Waals surface area contributed by atoms with Gasteiger partial charge in [0, 0.05) is 34.1 Å². The van der Waals surface area contributed by atoms with Gasteiger partial charge in [-0.25, -0.2) is 0 Å². The molecule has 31 heavy (non-hydrogen) atoms. The smallest absolute Gasteiger partial charge is 0.261 e. The third-order valence-corrected chi connectivity index (χ3v) is 5.72. The normalized spacial score (nSPS) is 11.7. The Hall–Kier alpha value is -2.76. The van der Waals surface area contributed by atoms with Crippen molar-refractivity contribution in [3.63, 3.8) is 0 Å². The highest BCUT2D eigenvalue weighted by atomic mass is 35.5. The van der Waals surface area contributed by atoms with E-state index in [2.05, 4.69) is 5.32 Å². The minimum Gasteiger partial charge on any atom is -0.483 e. The number of hydrogen-bond donors (Lipinski definition) is 1. The molecule has 162 valence electrons. The Morgan fingerprint density at radius 1 is 1.00 bits per heavy atom. The molecule has 5 nitrogen and oxygen atoms in total. The van der Waals surface area contributed by atoms with Crippen LogP contribution < -0.4 is 10.1 Å². The molecule has 0 unspecified atom stereocenters. The van der Waals surface area contributed by atoms with Crippen LogP contribution in [-0.2, 0) is 16.1 Å². The van der Waals surface area contributed by atoms with Gasteiger partial charge in [-0.1, -0.05) is 65.7 Å². The molecule has 3 aromatic rings. The summed E-state index contributed by atoms with van der Waals surface area (Å²) < 4.78 is 5.86. The van der Waals surface area contributed by atoms with Crippen LogP contribution in [0.25, 0.3) is 10.8 Å². The van der Waals surface area contributed by atoms with Crippen LogP contribution in [-0.4, -0.2) is 35.9 Å². The first-order valence-corrected chi connectivity index (χ1v) is 10.8. The van der Waals surface area contributed by atoms with Crippen LogP contribution in [0.4, 0.5) is 0 Å². The van der Waals surface area contributed by atoms with Crippen LogP contribution in [0.2, 0.25) is 10.0 Å². The number of amides is 2. The SMILES string of the molecule is CCNC(=O)[C@@H](C)N(Cc1c(Cl)cccc1Cl)C(=O)COc1cccc2ccccc12. The van der Waals surface area contributed by atoms with Crippen LogP contribution in [0.3, 0.4) is 0 Å². The van der Waals surface area contributed by atoms with Gasteiger partial charge in [-0.3, -0.25) is 9.59 Å². The summed E-state index contributed by atoms with van der Waals surface area (Å²) in [6.45, 7) is 3.83. The highest BCUT2D eigenvalue weighted by molar-refractivity contribution is 6.36. The number of rotatable bonds is 8. The van der Waals surface area contributed by atoms with Gasteiger partial charge in [0.1, 0.15) is 11.8 Å². The number of ether oxygens (including phenoxy) is 1. The summed E-state index contributed by atoms with van der Waals surface area (Å²) in [5.41, 5.74) is 0.584. The van der Waals surface area contributed by atoms with Gasteiger partial charge in [0.2, 0.25) is 5.91 Å². The highest BCUT2D eigenvalue weighted by Gasteiger charge is 2.27. The number of hydrogen-bond acceptors (Lipinski definition) is 3. The fourth-order valence-corrected chi connectivity index (χ4v) is 3.82. The van der Waals surface area contributed by atoms with Crippen LogP contribution in [0, 0.1) is 0 Å². The zero-order chi connectivity index (χ0) is 22.4. The van der Waals surface area contributed by atoms with Gasteiger partial charge in [-0.15, -0.1) is 0 Å². The summed E-state index contributed by atoms with van der Waals surface area (Å²) in [6.07, 6.45) is 0. The predicted molar refractivity (Wildman–Crippen MR) is 125 cm³/mol. The molecule has 0 aliphatic rings. The monoisotopic (exact) mass is 458 g/mol. The van der Waals surface area contributed by atoms with Crippen molar-refractivity contribution >= 4 is 45.8 Å². The average molecular weight is 459 g/mol. The maximum absolute atomic E-state index is 13.2. The fourth-order valence-electron chi connectivity index (χ4n) is 3.30. The number of nitrogens with zero attached hydrogens (tertiary/aromatic N) is 1. The number of benzene rings is 3. The lowest BCUT2D eigenvalue weighted by atomic mass is 10.1. The molecule has 0 radical (unpaired) electrons. The molecule has 0 aliphatic carbocycles. The molecule has 1 atom stereocenters. The second kappa shape index (κ2) is 10.5. The summed E-state index contributed by atoms with van der Waals surface area (Å²) in [5.74, 6) is -0.000278. The van der Waals surface area contributed by atoms with Crippen molar-refractivity contribution in [2.45, 2.75) is 26.4 Å². The van der Waals surface area contributed by atoms with Gasteiger partial charge in [0.15, 0.2) is 6.61 Å². The lowest BCUT2D eigenvalue weighted by molar-refractivity contribution is -0.142. The zero-order valence-electron chi connectivity index (χ0n) is 17.4. The van der Waals surface area contributed by atoms with Gasteiger partial charge < -0.3 is 15.0 Å². The Bertz CT molecular complexity index is 1060. The third kappa shape index (κ3) is 5.49. The van der Waals surface area contributed by atoms with Crippen molar-refractivity contribution in [1.29, 1.82) is 0 Å². The third-order valence-electron chi connectivity index (χ3n) is 5.01. The van der Waals surface area contributed by atoms with E-state index in [-0.39, 0.29) is 25.0 Å². The topological polar surface area (TPSA) is 58.6 Å². The second-order valence-electron chi connectivity index (χ2n) is 7.06. The summed E-state index contributed by atoms with van der Waals surface area (Å²) in [4.78, 5) is 27.1. The van der Waals surface area contributed by atoms with Gasteiger partial charge >= 0.3 is 0 Å². The molecular weight excluding hydrogens is 435 g/mol. The molecule has 0 aliphatic heterocycles. The summed E-state index contributed by atoms with van der Waals surface area (Å²) in [7, 11) is 0. The van der Waals surface area contributed by atoms with Crippen molar-refractivity contribution in [3.05, 3.63) is 76.3 Å². The molecule has 0 bridgehead atoms. The molecule has 0 saturated heterocycles. The summed E-state index contributed by atoms with van der Waals surface area (Å²) >= 11 is 12.6. The molecule has 1 N–H and O–H groups in total. The zero-order valence-corrected chi connectivity index (χ0v) is 18.9. The molecule has 0 spiro atoms. The van der Waals surface area contributed by atoms with E-state index in [1.54, 1.807) is 25.1 Å². The number of carbonyl (C=O) groups is 2. The number of nitrogens with one attached hydrogen (secondary N) is 1. The first kappa shape index (κ1) is 22.9. The first-order valence-electron chi connectivity index (χ1n) is 10.0. The second-order valence-corrected chi connectivity index (χ2v) is 7.87. The van der Waals surface area contributed by atoms with E-state index in [1.165, 1.54) is 4.90 Å².